The van der Waals surface area contributed by atoms with Gasteiger partial charge in [0.1, 0.15) is 5.82 Å². The average molecular weight is 505 g/mol. The minimum atomic E-state index is -0.833. The predicted octanol–water partition coefficient (Wildman–Crippen LogP) is 4.44. The lowest BCUT2D eigenvalue weighted by molar-refractivity contribution is -0.134. The van der Waals surface area contributed by atoms with Crippen LogP contribution in [0.2, 0.25) is 0 Å². The second kappa shape index (κ2) is 11.7. The Labute approximate surface area is 213 Å². The Hall–Kier alpha value is -3.86. The van der Waals surface area contributed by atoms with Crippen molar-refractivity contribution in [1.82, 2.24) is 15.3 Å². The molecule has 3 heterocycles. The largest absolute Gasteiger partial charge is 0.481 e. The second-order valence-corrected chi connectivity index (χ2v) is 9.24. The van der Waals surface area contributed by atoms with Gasteiger partial charge in [-0.05, 0) is 58.5 Å². The summed E-state index contributed by atoms with van der Waals surface area (Å²) < 4.78 is 6.38. The summed E-state index contributed by atoms with van der Waals surface area (Å²) in [7, 11) is 1.72. The van der Waals surface area contributed by atoms with Crippen LogP contribution in [0.5, 0.6) is 0 Å². The zero-order valence-electron chi connectivity index (χ0n) is 20.1. The summed E-state index contributed by atoms with van der Waals surface area (Å²) in [4.78, 5) is 23.0. The van der Waals surface area contributed by atoms with E-state index in [-0.39, 0.29) is 5.95 Å². The summed E-state index contributed by atoms with van der Waals surface area (Å²) in [6.07, 6.45) is 3.59. The Balaban J connectivity index is 0.000000709. The number of hydrogen-bond acceptors (Lipinski definition) is 9. The molecule has 0 aliphatic carbocycles. The number of nitrogens with one attached hydrogen (secondary N) is 2. The molecule has 10 heteroatoms. The molecule has 9 nitrogen and oxygen atoms in total. The smallest absolute Gasteiger partial charge is 0.300 e. The fourth-order valence-corrected chi connectivity index (χ4v) is 4.93. The molecule has 0 saturated heterocycles. The molecule has 0 bridgehead atoms. The first-order valence-corrected chi connectivity index (χ1v) is 12.2. The third kappa shape index (κ3) is 6.42. The number of aliphatic imine (C=N–C) groups is 1. The fourth-order valence-electron chi connectivity index (χ4n) is 3.85. The number of benzene rings is 2. The van der Waals surface area contributed by atoms with Gasteiger partial charge in [0, 0.05) is 60.4 Å². The standard InChI is InChI=1S/C24H24N6OS.C2H4O2/c1-31-7-6-26-12-15-2-3-21-16(8-15)10-22(32-21)19-11-18(9-17-13-27-14-20(17)19)29-23-4-5-28-24(25)30-23;1-2(3)4/h2-5,8-11,13,26H,6-7,12,14H2,1H3,(H3,25,28,29,30);1H3,(H,3,4). The monoisotopic (exact) mass is 504 g/mol. The van der Waals surface area contributed by atoms with E-state index in [1.165, 1.54) is 31.7 Å². The van der Waals surface area contributed by atoms with Gasteiger partial charge in [0.2, 0.25) is 5.95 Å². The molecule has 186 valence electrons. The van der Waals surface area contributed by atoms with Gasteiger partial charge in [-0.15, -0.1) is 11.3 Å². The van der Waals surface area contributed by atoms with Crippen molar-refractivity contribution in [3.05, 3.63) is 65.4 Å². The van der Waals surface area contributed by atoms with Crippen molar-refractivity contribution in [2.24, 2.45) is 4.99 Å². The number of thiophene rings is 1. The van der Waals surface area contributed by atoms with Crippen molar-refractivity contribution in [3.8, 4) is 10.4 Å². The number of hydrogen-bond donors (Lipinski definition) is 4. The predicted molar refractivity (Wildman–Crippen MR) is 145 cm³/mol. The summed E-state index contributed by atoms with van der Waals surface area (Å²) in [5.41, 5.74) is 11.5. The fraction of sp³-hybridized carbons (Fsp3) is 0.231. The van der Waals surface area contributed by atoms with Gasteiger partial charge < -0.3 is 26.2 Å². The Morgan fingerprint density at radius 3 is 2.83 bits per heavy atom. The van der Waals surface area contributed by atoms with Crippen molar-refractivity contribution in [2.75, 3.05) is 31.3 Å². The first kappa shape index (κ1) is 25.2. The second-order valence-electron chi connectivity index (χ2n) is 8.16. The molecule has 1 aliphatic rings. The number of aromatic nitrogens is 2. The van der Waals surface area contributed by atoms with E-state index in [4.69, 9.17) is 20.4 Å². The molecular weight excluding hydrogens is 476 g/mol. The van der Waals surface area contributed by atoms with Crippen LogP contribution in [-0.2, 0) is 22.6 Å². The van der Waals surface area contributed by atoms with Crippen molar-refractivity contribution in [3.63, 3.8) is 0 Å². The molecular formula is C26H28N6O3S. The number of ether oxygens (including phenoxy) is 1. The molecule has 2 aromatic carbocycles. The molecule has 2 aromatic heterocycles. The number of carboxylic acid groups (broad SMARTS) is 1. The van der Waals surface area contributed by atoms with Gasteiger partial charge in [-0.25, -0.2) is 4.98 Å². The third-order valence-corrected chi connectivity index (χ3v) is 6.52. The van der Waals surface area contributed by atoms with Crippen molar-refractivity contribution in [2.45, 2.75) is 20.0 Å². The first-order chi connectivity index (χ1) is 17.4. The molecule has 0 amide bonds. The van der Waals surface area contributed by atoms with Gasteiger partial charge in [-0.1, -0.05) is 6.07 Å². The van der Waals surface area contributed by atoms with Crippen LogP contribution < -0.4 is 16.4 Å². The molecule has 5 rings (SSSR count). The molecule has 1 aliphatic heterocycles. The van der Waals surface area contributed by atoms with Gasteiger partial charge in [-0.2, -0.15) is 4.98 Å². The van der Waals surface area contributed by atoms with E-state index < -0.39 is 5.97 Å². The van der Waals surface area contributed by atoms with Crippen LogP contribution in [0, 0.1) is 0 Å². The van der Waals surface area contributed by atoms with Crippen molar-refractivity contribution < 1.29 is 14.6 Å². The van der Waals surface area contributed by atoms with Crippen LogP contribution in [0.4, 0.5) is 17.5 Å². The SMILES string of the molecule is CC(=O)O.COCCNCc1ccc2sc(-c3cc(Nc4ccnc(N)n4)cc4c3CN=C4)cc2c1. The zero-order valence-corrected chi connectivity index (χ0v) is 20.9. The van der Waals surface area contributed by atoms with E-state index in [0.717, 1.165) is 31.3 Å². The quantitative estimate of drug-likeness (QED) is 0.259. The molecule has 0 spiro atoms. The van der Waals surface area contributed by atoms with Crippen LogP contribution in [0.15, 0.2) is 53.7 Å². The summed E-state index contributed by atoms with van der Waals surface area (Å²) >= 11 is 1.81. The van der Waals surface area contributed by atoms with Gasteiger partial charge >= 0.3 is 0 Å². The normalized spacial score (nSPS) is 11.7. The highest BCUT2D eigenvalue weighted by Gasteiger charge is 2.17. The van der Waals surface area contributed by atoms with Crippen molar-refractivity contribution in [1.29, 1.82) is 0 Å². The van der Waals surface area contributed by atoms with Crippen LogP contribution in [0.3, 0.4) is 0 Å². The third-order valence-electron chi connectivity index (χ3n) is 5.37. The van der Waals surface area contributed by atoms with E-state index in [9.17, 15) is 0 Å². The van der Waals surface area contributed by atoms with Gasteiger partial charge in [0.25, 0.3) is 5.97 Å². The number of anilines is 3. The number of carboxylic acids is 1. The van der Waals surface area contributed by atoms with Gasteiger partial charge in [0.05, 0.1) is 13.2 Å². The number of fused-ring (bicyclic) bond motifs is 2. The molecule has 0 saturated carbocycles. The Morgan fingerprint density at radius 1 is 1.22 bits per heavy atom. The van der Waals surface area contributed by atoms with Gasteiger partial charge in [0.15, 0.2) is 0 Å². The molecule has 36 heavy (non-hydrogen) atoms. The number of aliphatic carboxylic acids is 1. The Bertz CT molecular complexity index is 1400. The lowest BCUT2D eigenvalue weighted by atomic mass is 10.00. The highest BCUT2D eigenvalue weighted by Crippen LogP contribution is 2.39. The highest BCUT2D eigenvalue weighted by atomic mass is 32.1. The first-order valence-electron chi connectivity index (χ1n) is 11.4. The Kier molecular flexibility index (Phi) is 8.21. The minimum absolute atomic E-state index is 0.245. The maximum atomic E-state index is 9.00. The van der Waals surface area contributed by atoms with E-state index in [0.29, 0.717) is 19.0 Å². The Morgan fingerprint density at radius 2 is 2.06 bits per heavy atom. The lowest BCUT2D eigenvalue weighted by Crippen LogP contribution is -2.18. The number of nitrogen functional groups attached to an aromatic ring is 1. The van der Waals surface area contributed by atoms with Crippen LogP contribution in [0.25, 0.3) is 20.5 Å². The van der Waals surface area contributed by atoms with E-state index in [1.54, 1.807) is 30.7 Å². The number of nitrogens with zero attached hydrogens (tertiary/aromatic N) is 3. The highest BCUT2D eigenvalue weighted by molar-refractivity contribution is 7.22. The summed E-state index contributed by atoms with van der Waals surface area (Å²) in [5.74, 6) is 0.0789. The molecule has 5 N–H and O–H groups in total. The maximum Gasteiger partial charge on any atom is 0.300 e. The minimum Gasteiger partial charge on any atom is -0.481 e. The van der Waals surface area contributed by atoms with E-state index >= 15 is 0 Å². The van der Waals surface area contributed by atoms with Gasteiger partial charge in [-0.3, -0.25) is 9.79 Å². The van der Waals surface area contributed by atoms with E-state index in [1.807, 2.05) is 6.21 Å². The maximum absolute atomic E-state index is 9.00. The lowest BCUT2D eigenvalue weighted by Gasteiger charge is -2.12. The van der Waals surface area contributed by atoms with Crippen LogP contribution >= 0.6 is 11.3 Å². The number of rotatable bonds is 8. The number of nitrogens with two attached hydrogens (primary N) is 1. The van der Waals surface area contributed by atoms with Crippen LogP contribution in [0.1, 0.15) is 23.6 Å². The molecule has 0 atom stereocenters. The summed E-state index contributed by atoms with van der Waals surface area (Å²) in [6, 6.07) is 15.0. The van der Waals surface area contributed by atoms with Crippen LogP contribution in [-0.4, -0.2) is 47.5 Å². The average Bonchev–Trinajstić information content (AvgIpc) is 3.48. The number of methoxy groups -OCH3 is 1. The zero-order chi connectivity index (χ0) is 25.5. The molecule has 0 fully saturated rings. The van der Waals surface area contributed by atoms with Crippen molar-refractivity contribution >= 4 is 51.1 Å². The molecule has 0 unspecified atom stereocenters. The topological polar surface area (TPSA) is 135 Å². The molecule has 0 radical (unpaired) electrons. The summed E-state index contributed by atoms with van der Waals surface area (Å²) in [5, 5.41) is 15.4. The van der Waals surface area contributed by atoms with E-state index in [2.05, 4.69) is 62.0 Å². The molecule has 4 aromatic rings. The number of carbonyl (C=O) groups is 1. The summed E-state index contributed by atoms with van der Waals surface area (Å²) in [6.45, 7) is 4.17.